The van der Waals surface area contributed by atoms with Crippen molar-refractivity contribution in [2.24, 2.45) is 0 Å². The molecule has 1 N–H and O–H groups in total. The third-order valence-corrected chi connectivity index (χ3v) is 2.58. The van der Waals surface area contributed by atoms with Crippen molar-refractivity contribution in [3.05, 3.63) is 28.3 Å². The second-order valence-corrected chi connectivity index (χ2v) is 3.95. The molecule has 0 bridgehead atoms. The Morgan fingerprint density at radius 2 is 2.00 bits per heavy atom. The molecule has 0 amide bonds. The van der Waals surface area contributed by atoms with Gasteiger partial charge in [-0.25, -0.2) is 0 Å². The molecule has 0 saturated carbocycles. The third-order valence-electron chi connectivity index (χ3n) is 2.58. The van der Waals surface area contributed by atoms with Crippen LogP contribution in [0.5, 0.6) is 0 Å². The molecule has 1 aromatic carbocycles. The summed E-state index contributed by atoms with van der Waals surface area (Å²) >= 11 is 0. The monoisotopic (exact) mass is 223 g/mol. The number of rotatable bonds is 4. The van der Waals surface area contributed by atoms with Crippen LogP contribution in [0, 0.1) is 10.1 Å². The van der Waals surface area contributed by atoms with Crippen LogP contribution in [0.3, 0.4) is 0 Å². The lowest BCUT2D eigenvalue weighted by molar-refractivity contribution is -0.384. The van der Waals surface area contributed by atoms with Gasteiger partial charge in [0, 0.05) is 43.6 Å². The average Bonchev–Trinajstić information content (AvgIpc) is 2.27. The molecule has 0 spiro atoms. The Hall–Kier alpha value is -1.78. The molecule has 1 aromatic rings. The number of nitrogens with zero attached hydrogens (tertiary/aromatic N) is 2. The minimum absolute atomic E-state index is 0.106. The number of nitro benzene ring substituents is 1. The molecule has 0 unspecified atom stereocenters. The van der Waals surface area contributed by atoms with E-state index in [9.17, 15) is 10.1 Å². The van der Waals surface area contributed by atoms with Gasteiger partial charge in [-0.1, -0.05) is 0 Å². The maximum Gasteiger partial charge on any atom is 0.273 e. The van der Waals surface area contributed by atoms with Gasteiger partial charge in [-0.05, 0) is 19.9 Å². The highest BCUT2D eigenvalue weighted by Gasteiger charge is 2.13. The molecule has 0 fully saturated rings. The molecule has 0 saturated heterocycles. The molecule has 88 valence electrons. The summed E-state index contributed by atoms with van der Waals surface area (Å²) in [6.45, 7) is 4.08. The number of nitro groups is 1. The van der Waals surface area contributed by atoms with E-state index in [-0.39, 0.29) is 10.6 Å². The van der Waals surface area contributed by atoms with Gasteiger partial charge in [-0.3, -0.25) is 10.1 Å². The van der Waals surface area contributed by atoms with Crippen LogP contribution in [0.25, 0.3) is 0 Å². The molecule has 1 rings (SSSR count). The van der Waals surface area contributed by atoms with E-state index in [1.165, 1.54) is 6.07 Å². The normalized spacial score (nSPS) is 10.3. The zero-order valence-corrected chi connectivity index (χ0v) is 10.0. The fourth-order valence-electron chi connectivity index (χ4n) is 1.35. The number of non-ortho nitro benzene ring substituents is 1. The highest BCUT2D eigenvalue weighted by Crippen LogP contribution is 2.27. The minimum Gasteiger partial charge on any atom is -0.388 e. The van der Waals surface area contributed by atoms with Crippen LogP contribution in [0.15, 0.2) is 18.2 Å². The second-order valence-electron chi connectivity index (χ2n) is 3.95. The van der Waals surface area contributed by atoms with Crippen LogP contribution in [0.1, 0.15) is 13.8 Å². The fourth-order valence-corrected chi connectivity index (χ4v) is 1.35. The Balaban J connectivity index is 3.18. The number of nitrogens with one attached hydrogen (secondary N) is 1. The molecule has 16 heavy (non-hydrogen) atoms. The molecule has 0 heterocycles. The molecule has 5 nitrogen and oxygen atoms in total. The Morgan fingerprint density at radius 3 is 2.44 bits per heavy atom. The lowest BCUT2D eigenvalue weighted by atomic mass is 10.2. The average molecular weight is 223 g/mol. The van der Waals surface area contributed by atoms with Gasteiger partial charge in [0.2, 0.25) is 0 Å². The van der Waals surface area contributed by atoms with Crippen molar-refractivity contribution in [2.75, 3.05) is 24.3 Å². The molecule has 5 heteroatoms. The first-order valence-electron chi connectivity index (χ1n) is 5.15. The first-order valence-corrected chi connectivity index (χ1v) is 5.15. The van der Waals surface area contributed by atoms with Crippen molar-refractivity contribution >= 4 is 17.1 Å². The molecule has 0 aliphatic carbocycles. The standard InChI is InChI=1S/C11H17N3O2/c1-8(2)13(4)10-5-9(12-3)6-11(7-10)14(15)16/h5-8,12H,1-4H3. The van der Waals surface area contributed by atoms with Crippen molar-refractivity contribution < 1.29 is 4.92 Å². The largest absolute Gasteiger partial charge is 0.388 e. The smallest absolute Gasteiger partial charge is 0.273 e. The molecule has 0 aliphatic heterocycles. The van der Waals surface area contributed by atoms with Crippen LogP contribution in [0.4, 0.5) is 17.1 Å². The van der Waals surface area contributed by atoms with Crippen LogP contribution in [-0.2, 0) is 0 Å². The van der Waals surface area contributed by atoms with Crippen molar-refractivity contribution in [3.8, 4) is 0 Å². The van der Waals surface area contributed by atoms with Gasteiger partial charge in [0.15, 0.2) is 0 Å². The van der Waals surface area contributed by atoms with Crippen molar-refractivity contribution in [1.82, 2.24) is 0 Å². The Kier molecular flexibility index (Phi) is 3.71. The van der Waals surface area contributed by atoms with Gasteiger partial charge >= 0.3 is 0 Å². The Bertz CT molecular complexity index is 391. The quantitative estimate of drug-likeness (QED) is 0.629. The van der Waals surface area contributed by atoms with Crippen LogP contribution in [0.2, 0.25) is 0 Å². The number of benzene rings is 1. The summed E-state index contributed by atoms with van der Waals surface area (Å²) in [5.74, 6) is 0. The molecule has 0 aliphatic rings. The van der Waals surface area contributed by atoms with Crippen LogP contribution >= 0.6 is 0 Å². The second kappa shape index (κ2) is 4.83. The maximum absolute atomic E-state index is 10.8. The Morgan fingerprint density at radius 1 is 1.38 bits per heavy atom. The minimum atomic E-state index is -0.376. The topological polar surface area (TPSA) is 58.4 Å². The van der Waals surface area contributed by atoms with Gasteiger partial charge in [-0.2, -0.15) is 0 Å². The van der Waals surface area contributed by atoms with E-state index >= 15 is 0 Å². The third kappa shape index (κ3) is 2.62. The highest BCUT2D eigenvalue weighted by molar-refractivity contribution is 5.64. The predicted octanol–water partition coefficient (Wildman–Crippen LogP) is 2.48. The van der Waals surface area contributed by atoms with Crippen LogP contribution in [-0.4, -0.2) is 25.1 Å². The molecular weight excluding hydrogens is 206 g/mol. The zero-order valence-electron chi connectivity index (χ0n) is 10.0. The summed E-state index contributed by atoms with van der Waals surface area (Å²) in [7, 11) is 3.67. The van der Waals surface area contributed by atoms with E-state index in [2.05, 4.69) is 5.32 Å². The van der Waals surface area contributed by atoms with Gasteiger partial charge in [0.1, 0.15) is 0 Å². The number of hydrogen-bond acceptors (Lipinski definition) is 4. The van der Waals surface area contributed by atoms with Crippen molar-refractivity contribution in [3.63, 3.8) is 0 Å². The lowest BCUT2D eigenvalue weighted by Crippen LogP contribution is -2.25. The van der Waals surface area contributed by atoms with Gasteiger partial charge in [0.25, 0.3) is 5.69 Å². The predicted molar refractivity (Wildman–Crippen MR) is 66.2 cm³/mol. The van der Waals surface area contributed by atoms with Gasteiger partial charge in [-0.15, -0.1) is 0 Å². The number of anilines is 2. The van der Waals surface area contributed by atoms with E-state index in [0.717, 1.165) is 11.4 Å². The summed E-state index contributed by atoms with van der Waals surface area (Å²) < 4.78 is 0. The van der Waals surface area contributed by atoms with Crippen molar-refractivity contribution in [2.45, 2.75) is 19.9 Å². The Labute approximate surface area is 95.2 Å². The van der Waals surface area contributed by atoms with E-state index in [4.69, 9.17) is 0 Å². The van der Waals surface area contributed by atoms with E-state index < -0.39 is 0 Å². The molecular formula is C11H17N3O2. The summed E-state index contributed by atoms with van der Waals surface area (Å²) in [4.78, 5) is 12.4. The lowest BCUT2D eigenvalue weighted by Gasteiger charge is -2.24. The fraction of sp³-hybridized carbons (Fsp3) is 0.455. The maximum atomic E-state index is 10.8. The van der Waals surface area contributed by atoms with E-state index in [0.29, 0.717) is 6.04 Å². The summed E-state index contributed by atoms with van der Waals surface area (Å²) in [5.41, 5.74) is 1.69. The van der Waals surface area contributed by atoms with Gasteiger partial charge in [0.05, 0.1) is 4.92 Å². The number of hydrogen-bond donors (Lipinski definition) is 1. The summed E-state index contributed by atoms with van der Waals surface area (Å²) in [6, 6.07) is 5.30. The molecule has 0 aromatic heterocycles. The highest BCUT2D eigenvalue weighted by atomic mass is 16.6. The molecule has 0 radical (unpaired) electrons. The van der Waals surface area contributed by atoms with E-state index in [1.807, 2.05) is 31.9 Å². The zero-order chi connectivity index (χ0) is 12.3. The summed E-state index contributed by atoms with van der Waals surface area (Å²) in [5, 5.41) is 13.7. The first kappa shape index (κ1) is 12.3. The van der Waals surface area contributed by atoms with Crippen LogP contribution < -0.4 is 10.2 Å². The van der Waals surface area contributed by atoms with Gasteiger partial charge < -0.3 is 10.2 Å². The summed E-state index contributed by atoms with van der Waals surface area (Å²) in [6.07, 6.45) is 0. The first-order chi connectivity index (χ1) is 7.45. The SMILES string of the molecule is CNc1cc(N(C)C(C)C)cc([N+](=O)[O-])c1. The molecule has 0 atom stereocenters. The van der Waals surface area contributed by atoms with Crippen molar-refractivity contribution in [1.29, 1.82) is 0 Å². The van der Waals surface area contributed by atoms with E-state index in [1.54, 1.807) is 13.1 Å².